The Labute approximate surface area is 146 Å². The first-order valence-electron chi connectivity index (χ1n) is 8.60. The number of carbonyl (C=O) groups is 1. The smallest absolute Gasteiger partial charge is 0.239 e. The molecule has 22 heavy (non-hydrogen) atoms. The van der Waals surface area contributed by atoms with Crippen molar-refractivity contribution in [3.63, 3.8) is 0 Å². The third-order valence-corrected chi connectivity index (χ3v) is 6.06. The zero-order valence-electron chi connectivity index (χ0n) is 13.2. The van der Waals surface area contributed by atoms with Gasteiger partial charge >= 0.3 is 0 Å². The van der Waals surface area contributed by atoms with E-state index in [0.29, 0.717) is 18.0 Å². The van der Waals surface area contributed by atoms with Crippen molar-refractivity contribution in [2.45, 2.75) is 63.1 Å². The van der Waals surface area contributed by atoms with E-state index in [2.05, 4.69) is 15.1 Å². The van der Waals surface area contributed by atoms with Crippen molar-refractivity contribution in [3.8, 4) is 0 Å². The fourth-order valence-corrected chi connectivity index (χ4v) is 4.92. The van der Waals surface area contributed by atoms with Gasteiger partial charge in [0.05, 0.1) is 6.04 Å². The Morgan fingerprint density at radius 1 is 0.955 bits per heavy atom. The SMILES string of the molecule is Cl.Cl.O=C(C1CC2CCCCC2N1)N1CCN2CCCC2C1. The molecule has 1 N–H and O–H groups in total. The molecule has 0 bridgehead atoms. The van der Waals surface area contributed by atoms with Crippen LogP contribution in [0.25, 0.3) is 0 Å². The number of nitrogens with one attached hydrogen (secondary N) is 1. The van der Waals surface area contributed by atoms with Crippen LogP contribution in [0.2, 0.25) is 0 Å². The van der Waals surface area contributed by atoms with Crippen LogP contribution < -0.4 is 5.32 Å². The maximum Gasteiger partial charge on any atom is 0.239 e. The van der Waals surface area contributed by atoms with Crippen molar-refractivity contribution in [2.75, 3.05) is 26.2 Å². The highest BCUT2D eigenvalue weighted by Gasteiger charge is 2.41. The van der Waals surface area contributed by atoms with Crippen molar-refractivity contribution in [3.05, 3.63) is 0 Å². The van der Waals surface area contributed by atoms with Gasteiger partial charge < -0.3 is 10.2 Å². The molecule has 3 heterocycles. The fourth-order valence-electron chi connectivity index (χ4n) is 4.92. The maximum absolute atomic E-state index is 12.8. The summed E-state index contributed by atoms with van der Waals surface area (Å²) in [4.78, 5) is 17.5. The highest BCUT2D eigenvalue weighted by molar-refractivity contribution is 5.85. The lowest BCUT2D eigenvalue weighted by Crippen LogP contribution is -2.55. The lowest BCUT2D eigenvalue weighted by atomic mass is 9.85. The molecule has 4 rings (SSSR count). The predicted molar refractivity (Wildman–Crippen MR) is 93.0 cm³/mol. The van der Waals surface area contributed by atoms with Gasteiger partial charge in [0.2, 0.25) is 5.91 Å². The van der Waals surface area contributed by atoms with Crippen LogP contribution in [0, 0.1) is 5.92 Å². The monoisotopic (exact) mass is 349 g/mol. The quantitative estimate of drug-likeness (QED) is 0.786. The molecule has 0 aromatic rings. The summed E-state index contributed by atoms with van der Waals surface area (Å²) in [7, 11) is 0. The Bertz CT molecular complexity index is 378. The number of carbonyl (C=O) groups excluding carboxylic acids is 1. The lowest BCUT2D eigenvalue weighted by molar-refractivity contribution is -0.135. The molecular formula is C16H29Cl2N3O. The minimum atomic E-state index is 0. The third-order valence-electron chi connectivity index (χ3n) is 6.06. The Morgan fingerprint density at radius 2 is 1.77 bits per heavy atom. The Kier molecular flexibility index (Phi) is 6.40. The number of hydrogen-bond acceptors (Lipinski definition) is 3. The lowest BCUT2D eigenvalue weighted by Gasteiger charge is -2.38. The average molecular weight is 350 g/mol. The summed E-state index contributed by atoms with van der Waals surface area (Å²) >= 11 is 0. The van der Waals surface area contributed by atoms with Crippen molar-refractivity contribution >= 4 is 30.7 Å². The molecule has 1 saturated carbocycles. The molecule has 0 aromatic heterocycles. The van der Waals surface area contributed by atoms with Gasteiger partial charge in [-0.25, -0.2) is 0 Å². The normalized spacial score (nSPS) is 37.7. The highest BCUT2D eigenvalue weighted by atomic mass is 35.5. The summed E-state index contributed by atoms with van der Waals surface area (Å²) in [5, 5.41) is 3.64. The van der Waals surface area contributed by atoms with Crippen LogP contribution in [0.5, 0.6) is 0 Å². The van der Waals surface area contributed by atoms with E-state index in [1.807, 2.05) is 0 Å². The van der Waals surface area contributed by atoms with E-state index in [-0.39, 0.29) is 30.9 Å². The molecule has 128 valence electrons. The first-order chi connectivity index (χ1) is 9.81. The van der Waals surface area contributed by atoms with E-state index in [1.165, 1.54) is 45.1 Å². The molecule has 1 amide bonds. The molecule has 1 aliphatic carbocycles. The number of amides is 1. The van der Waals surface area contributed by atoms with Crippen molar-refractivity contribution in [1.29, 1.82) is 0 Å². The maximum atomic E-state index is 12.8. The summed E-state index contributed by atoms with van der Waals surface area (Å²) < 4.78 is 0. The molecule has 3 aliphatic heterocycles. The van der Waals surface area contributed by atoms with E-state index >= 15 is 0 Å². The topological polar surface area (TPSA) is 35.6 Å². The van der Waals surface area contributed by atoms with Crippen LogP contribution in [0.3, 0.4) is 0 Å². The van der Waals surface area contributed by atoms with E-state index in [1.54, 1.807) is 0 Å². The molecule has 0 aromatic carbocycles. The van der Waals surface area contributed by atoms with Crippen molar-refractivity contribution in [2.24, 2.45) is 5.92 Å². The van der Waals surface area contributed by atoms with Crippen molar-refractivity contribution in [1.82, 2.24) is 15.1 Å². The van der Waals surface area contributed by atoms with Gasteiger partial charge in [-0.2, -0.15) is 0 Å². The van der Waals surface area contributed by atoms with Gasteiger partial charge in [-0.3, -0.25) is 9.69 Å². The summed E-state index contributed by atoms with van der Waals surface area (Å²) in [6.07, 6.45) is 9.02. The van der Waals surface area contributed by atoms with Gasteiger partial charge in [0.15, 0.2) is 0 Å². The highest BCUT2D eigenvalue weighted by Crippen LogP contribution is 2.34. The average Bonchev–Trinajstić information content (AvgIpc) is 3.11. The second kappa shape index (κ2) is 7.69. The molecule has 4 nitrogen and oxygen atoms in total. The molecule has 4 aliphatic rings. The van der Waals surface area contributed by atoms with Gasteiger partial charge in [0.1, 0.15) is 0 Å². The fraction of sp³-hybridized carbons (Fsp3) is 0.938. The van der Waals surface area contributed by atoms with E-state index < -0.39 is 0 Å². The zero-order chi connectivity index (χ0) is 13.5. The number of fused-ring (bicyclic) bond motifs is 2. The summed E-state index contributed by atoms with van der Waals surface area (Å²) in [6, 6.07) is 1.40. The Balaban J connectivity index is 0.000000882. The first-order valence-corrected chi connectivity index (χ1v) is 8.60. The summed E-state index contributed by atoms with van der Waals surface area (Å²) in [5.41, 5.74) is 0. The number of rotatable bonds is 1. The van der Waals surface area contributed by atoms with Crippen LogP contribution in [0.1, 0.15) is 44.9 Å². The van der Waals surface area contributed by atoms with Gasteiger partial charge in [-0.05, 0) is 44.6 Å². The van der Waals surface area contributed by atoms with Gasteiger partial charge in [0.25, 0.3) is 0 Å². The second-order valence-corrected chi connectivity index (χ2v) is 7.22. The van der Waals surface area contributed by atoms with Crippen LogP contribution in [-0.4, -0.2) is 60.0 Å². The molecule has 0 spiro atoms. The number of nitrogens with zero attached hydrogens (tertiary/aromatic N) is 2. The second-order valence-electron chi connectivity index (χ2n) is 7.22. The van der Waals surface area contributed by atoms with Crippen molar-refractivity contribution < 1.29 is 4.79 Å². The minimum absolute atomic E-state index is 0. The van der Waals surface area contributed by atoms with Crippen LogP contribution in [0.4, 0.5) is 0 Å². The molecule has 3 saturated heterocycles. The minimum Gasteiger partial charge on any atom is -0.338 e. The van der Waals surface area contributed by atoms with Gasteiger partial charge in [0, 0.05) is 31.7 Å². The largest absolute Gasteiger partial charge is 0.338 e. The molecule has 6 heteroatoms. The molecule has 4 unspecified atom stereocenters. The predicted octanol–water partition coefficient (Wildman–Crippen LogP) is 2.06. The van der Waals surface area contributed by atoms with E-state index in [4.69, 9.17) is 0 Å². The number of halogens is 2. The molecule has 4 fully saturated rings. The summed E-state index contributed by atoms with van der Waals surface area (Å²) in [6.45, 7) is 4.27. The van der Waals surface area contributed by atoms with Crippen LogP contribution in [0.15, 0.2) is 0 Å². The Hall–Kier alpha value is -0.0300. The molecular weight excluding hydrogens is 321 g/mol. The number of hydrogen-bond donors (Lipinski definition) is 1. The number of piperazine rings is 1. The van der Waals surface area contributed by atoms with E-state index in [0.717, 1.165) is 32.0 Å². The molecule has 4 atom stereocenters. The Morgan fingerprint density at radius 3 is 2.59 bits per heavy atom. The summed E-state index contributed by atoms with van der Waals surface area (Å²) in [5.74, 6) is 1.16. The van der Waals surface area contributed by atoms with Crippen LogP contribution in [-0.2, 0) is 4.79 Å². The standard InChI is InChI=1S/C16H27N3O.2ClH/c20-16(15-10-12-4-1-2-6-14(12)17-15)19-9-8-18-7-3-5-13(18)11-19;;/h12-15,17H,1-11H2;2*1H. The van der Waals surface area contributed by atoms with Gasteiger partial charge in [-0.15, -0.1) is 24.8 Å². The van der Waals surface area contributed by atoms with Crippen LogP contribution >= 0.6 is 24.8 Å². The first kappa shape index (κ1) is 18.3. The van der Waals surface area contributed by atoms with E-state index in [9.17, 15) is 4.79 Å². The molecule has 0 radical (unpaired) electrons. The third kappa shape index (κ3) is 3.40. The zero-order valence-corrected chi connectivity index (χ0v) is 14.8. The van der Waals surface area contributed by atoms with Gasteiger partial charge in [-0.1, -0.05) is 12.8 Å².